The number of nitrogens with zero attached hydrogens (tertiary/aromatic N) is 4. The smallest absolute Gasteiger partial charge is 0.119 e. The lowest BCUT2D eigenvalue weighted by atomic mass is 10.3. The quantitative estimate of drug-likeness (QED) is 0.780. The summed E-state index contributed by atoms with van der Waals surface area (Å²) in [6, 6.07) is 16.3. The third-order valence-corrected chi connectivity index (χ3v) is 4.75. The molecule has 2 aliphatic rings. The van der Waals surface area contributed by atoms with E-state index in [0.29, 0.717) is 0 Å². The summed E-state index contributed by atoms with van der Waals surface area (Å²) in [5.41, 5.74) is 2.32. The molecule has 0 aliphatic carbocycles. The molecule has 2 aromatic carbocycles. The second-order valence-electron chi connectivity index (χ2n) is 6.53. The van der Waals surface area contributed by atoms with E-state index in [-0.39, 0.29) is 0 Å². The normalized spacial score (nSPS) is 15.8. The molecule has 0 aromatic heterocycles. The average molecular weight is 364 g/mol. The number of methoxy groups -OCH3 is 2. The molecule has 0 amide bonds. The van der Waals surface area contributed by atoms with Gasteiger partial charge in [-0.1, -0.05) is 0 Å². The Kier molecular flexibility index (Phi) is 4.78. The molecule has 27 heavy (non-hydrogen) atoms. The number of benzene rings is 2. The van der Waals surface area contributed by atoms with Crippen LogP contribution >= 0.6 is 0 Å². The summed E-state index contributed by atoms with van der Waals surface area (Å²) < 4.78 is 10.5. The molecular weight excluding hydrogens is 340 g/mol. The van der Waals surface area contributed by atoms with Crippen LogP contribution in [0.2, 0.25) is 0 Å². The molecule has 0 spiro atoms. The zero-order valence-corrected chi connectivity index (χ0v) is 15.7. The van der Waals surface area contributed by atoms with Gasteiger partial charge in [0.25, 0.3) is 0 Å². The van der Waals surface area contributed by atoms with Gasteiger partial charge in [-0.25, -0.2) is 0 Å². The summed E-state index contributed by atoms with van der Waals surface area (Å²) >= 11 is 0. The summed E-state index contributed by atoms with van der Waals surface area (Å²) in [6.07, 6.45) is 8.49. The van der Waals surface area contributed by atoms with E-state index in [1.54, 1.807) is 14.2 Å². The minimum absolute atomic E-state index is 0.833. The zero-order chi connectivity index (χ0) is 18.6. The van der Waals surface area contributed by atoms with Crippen LogP contribution in [-0.2, 0) is 0 Å². The monoisotopic (exact) mass is 364 g/mol. The predicted octanol–water partition coefficient (Wildman–Crippen LogP) is 3.46. The van der Waals surface area contributed by atoms with Gasteiger partial charge in [-0.2, -0.15) is 0 Å². The van der Waals surface area contributed by atoms with Crippen LogP contribution in [0, 0.1) is 0 Å². The molecule has 0 saturated carbocycles. The molecule has 6 nitrogen and oxygen atoms in total. The highest BCUT2D eigenvalue weighted by molar-refractivity contribution is 5.53. The highest BCUT2D eigenvalue weighted by atomic mass is 16.5. The molecule has 0 saturated heterocycles. The number of anilines is 2. The lowest BCUT2D eigenvalue weighted by molar-refractivity contribution is 0.250. The van der Waals surface area contributed by atoms with Crippen LogP contribution in [0.25, 0.3) is 0 Å². The molecule has 4 rings (SSSR count). The highest BCUT2D eigenvalue weighted by Crippen LogP contribution is 2.25. The summed E-state index contributed by atoms with van der Waals surface area (Å²) in [5, 5.41) is 0. The fraction of sp³-hybridized carbons (Fsp3) is 0.238. The van der Waals surface area contributed by atoms with Crippen LogP contribution in [0.1, 0.15) is 0 Å². The predicted molar refractivity (Wildman–Crippen MR) is 108 cm³/mol. The summed E-state index contributed by atoms with van der Waals surface area (Å²) in [4.78, 5) is 9.01. The van der Waals surface area contributed by atoms with E-state index >= 15 is 0 Å². The van der Waals surface area contributed by atoms with Gasteiger partial charge in [-0.3, -0.25) is 0 Å². The maximum Gasteiger partial charge on any atom is 0.119 e. The van der Waals surface area contributed by atoms with Gasteiger partial charge in [-0.05, 0) is 48.5 Å². The molecule has 2 heterocycles. The van der Waals surface area contributed by atoms with Gasteiger partial charge in [0.05, 0.1) is 34.2 Å². The molecule has 0 N–H and O–H groups in total. The van der Waals surface area contributed by atoms with Gasteiger partial charge < -0.3 is 29.1 Å². The van der Waals surface area contributed by atoms with Gasteiger partial charge in [0.2, 0.25) is 0 Å². The Hall–Kier alpha value is -3.28. The van der Waals surface area contributed by atoms with Crippen LogP contribution in [0.5, 0.6) is 11.5 Å². The first-order chi connectivity index (χ1) is 13.2. The van der Waals surface area contributed by atoms with Crippen molar-refractivity contribution in [2.45, 2.75) is 0 Å². The Morgan fingerprint density at radius 1 is 0.630 bits per heavy atom. The molecule has 2 aromatic rings. The first kappa shape index (κ1) is 17.1. The average Bonchev–Trinajstić information content (AvgIpc) is 3.38. The van der Waals surface area contributed by atoms with Crippen LogP contribution in [-0.4, -0.2) is 44.0 Å². The van der Waals surface area contributed by atoms with Crippen LogP contribution in [0.4, 0.5) is 11.4 Å². The van der Waals surface area contributed by atoms with Crippen LogP contribution < -0.4 is 19.3 Å². The maximum absolute atomic E-state index is 5.23. The largest absolute Gasteiger partial charge is 0.497 e. The summed E-state index contributed by atoms with van der Waals surface area (Å²) in [7, 11) is 3.37. The van der Waals surface area contributed by atoms with Crippen LogP contribution in [0.3, 0.4) is 0 Å². The first-order valence-corrected chi connectivity index (χ1v) is 8.91. The Bertz CT molecular complexity index is 748. The Morgan fingerprint density at radius 2 is 1.04 bits per heavy atom. The van der Waals surface area contributed by atoms with Crippen molar-refractivity contribution >= 4 is 11.4 Å². The van der Waals surface area contributed by atoms with Crippen molar-refractivity contribution in [3.63, 3.8) is 0 Å². The fourth-order valence-electron chi connectivity index (χ4n) is 3.23. The van der Waals surface area contributed by atoms with Crippen molar-refractivity contribution in [1.29, 1.82) is 0 Å². The Morgan fingerprint density at radius 3 is 1.41 bits per heavy atom. The van der Waals surface area contributed by atoms with Crippen molar-refractivity contribution in [3.05, 3.63) is 73.3 Å². The summed E-state index contributed by atoms with van der Waals surface area (Å²) in [6.45, 7) is 2.50. The van der Waals surface area contributed by atoms with Gasteiger partial charge in [0.1, 0.15) is 11.5 Å². The van der Waals surface area contributed by atoms with E-state index in [1.165, 1.54) is 0 Å². The molecular formula is C21H24N4O2. The van der Waals surface area contributed by atoms with E-state index in [1.807, 2.05) is 24.3 Å². The fourth-order valence-corrected chi connectivity index (χ4v) is 3.23. The van der Waals surface area contributed by atoms with E-state index in [9.17, 15) is 0 Å². The lowest BCUT2D eigenvalue weighted by Crippen LogP contribution is -2.35. The van der Waals surface area contributed by atoms with E-state index in [2.05, 4.69) is 68.7 Å². The Labute approximate surface area is 160 Å². The molecule has 6 heteroatoms. The Balaban J connectivity index is 1.30. The lowest BCUT2D eigenvalue weighted by Gasteiger charge is -2.27. The van der Waals surface area contributed by atoms with E-state index in [4.69, 9.17) is 9.47 Å². The third kappa shape index (κ3) is 3.79. The zero-order valence-electron chi connectivity index (χ0n) is 15.7. The topological polar surface area (TPSA) is 31.4 Å². The van der Waals surface area contributed by atoms with Gasteiger partial charge >= 0.3 is 0 Å². The van der Waals surface area contributed by atoms with E-state index < -0.39 is 0 Å². The number of rotatable bonds is 6. The molecule has 0 fully saturated rings. The molecule has 0 bridgehead atoms. The van der Waals surface area contributed by atoms with Crippen molar-refractivity contribution in [1.82, 2.24) is 9.80 Å². The van der Waals surface area contributed by atoms with Gasteiger partial charge in [-0.15, -0.1) is 0 Å². The number of hydrogen-bond acceptors (Lipinski definition) is 6. The van der Waals surface area contributed by atoms with Gasteiger partial charge in [0, 0.05) is 36.2 Å². The molecule has 0 radical (unpaired) electrons. The molecule has 0 unspecified atom stereocenters. The second-order valence-corrected chi connectivity index (χ2v) is 6.53. The molecule has 0 atom stereocenters. The highest BCUT2D eigenvalue weighted by Gasteiger charge is 2.19. The second kappa shape index (κ2) is 7.53. The van der Waals surface area contributed by atoms with E-state index in [0.717, 1.165) is 42.9 Å². The minimum Gasteiger partial charge on any atom is -0.497 e. The molecule has 2 aliphatic heterocycles. The maximum atomic E-state index is 5.23. The van der Waals surface area contributed by atoms with Crippen LogP contribution in [0.15, 0.2) is 73.3 Å². The minimum atomic E-state index is 0.833. The van der Waals surface area contributed by atoms with Crippen molar-refractivity contribution < 1.29 is 9.47 Å². The SMILES string of the molecule is COc1ccc(N2C=CN(CN3C=CN(c4ccc(OC)cc4)C3)C2)cc1. The van der Waals surface area contributed by atoms with Crippen molar-refractivity contribution in [2.24, 2.45) is 0 Å². The number of hydrogen-bond donors (Lipinski definition) is 0. The molecule has 140 valence electrons. The van der Waals surface area contributed by atoms with Gasteiger partial charge in [0.15, 0.2) is 0 Å². The van der Waals surface area contributed by atoms with Crippen molar-refractivity contribution in [2.75, 3.05) is 44.0 Å². The number of ether oxygens (including phenoxy) is 2. The third-order valence-electron chi connectivity index (χ3n) is 4.75. The standard InChI is InChI=1S/C21H24N4O2/c1-26-20-7-3-18(4-8-20)24-13-11-22(16-24)15-23-12-14-25(17-23)19-5-9-21(27-2)10-6-19/h3-14H,15-17H2,1-2H3. The summed E-state index contributed by atoms with van der Waals surface area (Å²) in [5.74, 6) is 1.75. The van der Waals surface area contributed by atoms with Crippen molar-refractivity contribution in [3.8, 4) is 11.5 Å². The first-order valence-electron chi connectivity index (χ1n) is 8.91.